The van der Waals surface area contributed by atoms with E-state index in [1.54, 1.807) is 0 Å². The van der Waals surface area contributed by atoms with Gasteiger partial charge in [-0.3, -0.25) is 4.79 Å². The Balaban J connectivity index is 3.07. The van der Waals surface area contributed by atoms with Crippen LogP contribution in [-0.2, 0) is 4.79 Å². The number of unbranched alkanes of at least 4 members (excludes halogenated alkanes) is 5. The molecule has 1 N–H and O–H groups in total. The van der Waals surface area contributed by atoms with Crippen molar-refractivity contribution in [2.24, 2.45) is 0 Å². The third kappa shape index (κ3) is 11.2. The zero-order chi connectivity index (χ0) is 10.6. The molecule has 0 spiro atoms. The summed E-state index contributed by atoms with van der Waals surface area (Å²) in [5, 5.41) is 8.38. The Morgan fingerprint density at radius 1 is 1.07 bits per heavy atom. The molecule has 0 aromatic rings. The van der Waals surface area contributed by atoms with Gasteiger partial charge in [0.15, 0.2) is 0 Å². The molecule has 14 heavy (non-hydrogen) atoms. The van der Waals surface area contributed by atoms with Gasteiger partial charge < -0.3 is 5.11 Å². The van der Waals surface area contributed by atoms with Gasteiger partial charge in [-0.1, -0.05) is 44.8 Å². The molecule has 82 valence electrons. The van der Waals surface area contributed by atoms with Gasteiger partial charge in [0.1, 0.15) is 0 Å². The maximum absolute atomic E-state index is 10.2. The SMILES string of the molecule is CCCCCCCC=CCCC(=O)O. The molecule has 0 rings (SSSR count). The first kappa shape index (κ1) is 13.2. The van der Waals surface area contributed by atoms with Crippen molar-refractivity contribution in [2.45, 2.75) is 58.3 Å². The van der Waals surface area contributed by atoms with E-state index in [1.165, 1.54) is 32.1 Å². The third-order valence-corrected chi connectivity index (χ3v) is 2.17. The smallest absolute Gasteiger partial charge is 0.303 e. The third-order valence-electron chi connectivity index (χ3n) is 2.17. The van der Waals surface area contributed by atoms with Crippen LogP contribution in [0.5, 0.6) is 0 Å². The summed E-state index contributed by atoms with van der Waals surface area (Å²) in [6.07, 6.45) is 12.6. The van der Waals surface area contributed by atoms with Gasteiger partial charge in [-0.25, -0.2) is 0 Å². The number of hydrogen-bond acceptors (Lipinski definition) is 1. The lowest BCUT2D eigenvalue weighted by atomic mass is 10.1. The molecule has 0 atom stereocenters. The minimum absolute atomic E-state index is 0.256. The van der Waals surface area contributed by atoms with Gasteiger partial charge in [-0.15, -0.1) is 0 Å². The molecule has 0 aromatic carbocycles. The van der Waals surface area contributed by atoms with Crippen LogP contribution in [0.3, 0.4) is 0 Å². The predicted molar refractivity (Wildman–Crippen MR) is 59.4 cm³/mol. The van der Waals surface area contributed by atoms with E-state index in [4.69, 9.17) is 5.11 Å². The second-order valence-corrected chi connectivity index (χ2v) is 3.61. The minimum Gasteiger partial charge on any atom is -0.481 e. The van der Waals surface area contributed by atoms with Crippen LogP contribution in [0.15, 0.2) is 12.2 Å². The summed E-state index contributed by atoms with van der Waals surface area (Å²) >= 11 is 0. The van der Waals surface area contributed by atoms with Crippen LogP contribution in [0, 0.1) is 0 Å². The predicted octanol–water partition coefficient (Wildman–Crippen LogP) is 3.77. The van der Waals surface area contributed by atoms with Crippen molar-refractivity contribution in [3.8, 4) is 0 Å². The van der Waals surface area contributed by atoms with E-state index in [-0.39, 0.29) is 6.42 Å². The molecule has 0 amide bonds. The van der Waals surface area contributed by atoms with Gasteiger partial charge >= 0.3 is 5.97 Å². The second kappa shape index (κ2) is 10.3. The summed E-state index contributed by atoms with van der Waals surface area (Å²) in [6, 6.07) is 0. The van der Waals surface area contributed by atoms with E-state index in [1.807, 2.05) is 6.08 Å². The van der Waals surface area contributed by atoms with Crippen LogP contribution in [0.4, 0.5) is 0 Å². The lowest BCUT2D eigenvalue weighted by molar-refractivity contribution is -0.136. The molecular weight excluding hydrogens is 176 g/mol. The maximum Gasteiger partial charge on any atom is 0.303 e. The molecule has 0 bridgehead atoms. The molecule has 0 unspecified atom stereocenters. The van der Waals surface area contributed by atoms with Gasteiger partial charge in [0, 0.05) is 6.42 Å². The average Bonchev–Trinajstić information content (AvgIpc) is 2.15. The fourth-order valence-corrected chi connectivity index (χ4v) is 1.31. The molecule has 0 aliphatic heterocycles. The summed E-state index contributed by atoms with van der Waals surface area (Å²) in [6.45, 7) is 2.21. The Morgan fingerprint density at radius 2 is 1.71 bits per heavy atom. The normalized spacial score (nSPS) is 10.9. The first-order chi connectivity index (χ1) is 6.77. The molecule has 0 fully saturated rings. The summed E-state index contributed by atoms with van der Waals surface area (Å²) in [5.74, 6) is -0.711. The molecule has 2 nitrogen and oxygen atoms in total. The summed E-state index contributed by atoms with van der Waals surface area (Å²) in [7, 11) is 0. The number of allylic oxidation sites excluding steroid dienone is 2. The van der Waals surface area contributed by atoms with Crippen molar-refractivity contribution >= 4 is 5.97 Å². The van der Waals surface area contributed by atoms with Gasteiger partial charge in [-0.2, -0.15) is 0 Å². The van der Waals surface area contributed by atoms with Crippen molar-refractivity contribution in [3.05, 3.63) is 12.2 Å². The Morgan fingerprint density at radius 3 is 2.36 bits per heavy atom. The molecule has 0 saturated carbocycles. The van der Waals surface area contributed by atoms with E-state index >= 15 is 0 Å². The largest absolute Gasteiger partial charge is 0.481 e. The Hall–Kier alpha value is -0.790. The molecule has 0 heterocycles. The highest BCUT2D eigenvalue weighted by molar-refractivity contribution is 5.66. The topological polar surface area (TPSA) is 37.3 Å². The van der Waals surface area contributed by atoms with Gasteiger partial charge in [0.25, 0.3) is 0 Å². The molecule has 0 saturated heterocycles. The molecule has 0 aromatic heterocycles. The first-order valence-electron chi connectivity index (χ1n) is 5.64. The van der Waals surface area contributed by atoms with E-state index < -0.39 is 5.97 Å². The van der Waals surface area contributed by atoms with Crippen molar-refractivity contribution in [2.75, 3.05) is 0 Å². The molecule has 0 radical (unpaired) electrons. The van der Waals surface area contributed by atoms with Crippen LogP contribution in [0.1, 0.15) is 58.3 Å². The first-order valence-corrected chi connectivity index (χ1v) is 5.64. The van der Waals surface area contributed by atoms with Crippen molar-refractivity contribution in [1.82, 2.24) is 0 Å². The van der Waals surface area contributed by atoms with Crippen LogP contribution in [-0.4, -0.2) is 11.1 Å². The van der Waals surface area contributed by atoms with Crippen molar-refractivity contribution in [3.63, 3.8) is 0 Å². The van der Waals surface area contributed by atoms with Gasteiger partial charge in [0.05, 0.1) is 0 Å². The Labute approximate surface area is 87.0 Å². The molecule has 2 heteroatoms. The van der Waals surface area contributed by atoms with Crippen LogP contribution in [0.2, 0.25) is 0 Å². The van der Waals surface area contributed by atoms with Crippen LogP contribution < -0.4 is 0 Å². The highest BCUT2D eigenvalue weighted by Gasteiger charge is 1.91. The average molecular weight is 198 g/mol. The van der Waals surface area contributed by atoms with Crippen molar-refractivity contribution in [1.29, 1.82) is 0 Å². The number of carboxylic acids is 1. The second-order valence-electron chi connectivity index (χ2n) is 3.61. The quantitative estimate of drug-likeness (QED) is 0.452. The Bertz CT molecular complexity index is 162. The fourth-order valence-electron chi connectivity index (χ4n) is 1.31. The molecule has 0 aliphatic rings. The van der Waals surface area contributed by atoms with E-state index in [2.05, 4.69) is 13.0 Å². The molecule has 0 aliphatic carbocycles. The van der Waals surface area contributed by atoms with Crippen LogP contribution >= 0.6 is 0 Å². The standard InChI is InChI=1S/C12H22O2/c1-2-3-4-5-6-7-8-9-10-11-12(13)14/h8-9H,2-7,10-11H2,1H3,(H,13,14). The summed E-state index contributed by atoms with van der Waals surface area (Å²) in [5.41, 5.74) is 0. The van der Waals surface area contributed by atoms with E-state index in [9.17, 15) is 4.79 Å². The number of rotatable bonds is 9. The molecular formula is C12H22O2. The minimum atomic E-state index is -0.711. The summed E-state index contributed by atoms with van der Waals surface area (Å²) < 4.78 is 0. The van der Waals surface area contributed by atoms with Crippen LogP contribution in [0.25, 0.3) is 0 Å². The van der Waals surface area contributed by atoms with Gasteiger partial charge in [0.2, 0.25) is 0 Å². The van der Waals surface area contributed by atoms with E-state index in [0.717, 1.165) is 6.42 Å². The summed E-state index contributed by atoms with van der Waals surface area (Å²) in [4.78, 5) is 10.2. The monoisotopic (exact) mass is 198 g/mol. The number of aliphatic carboxylic acids is 1. The number of carbonyl (C=O) groups is 1. The van der Waals surface area contributed by atoms with E-state index in [0.29, 0.717) is 6.42 Å². The zero-order valence-corrected chi connectivity index (χ0v) is 9.17. The number of carboxylic acid groups (broad SMARTS) is 1. The lowest BCUT2D eigenvalue weighted by Gasteiger charge is -1.95. The Kier molecular flexibility index (Phi) is 9.71. The fraction of sp³-hybridized carbons (Fsp3) is 0.750. The highest BCUT2D eigenvalue weighted by Crippen LogP contribution is 2.05. The van der Waals surface area contributed by atoms with Crippen molar-refractivity contribution < 1.29 is 9.90 Å². The zero-order valence-electron chi connectivity index (χ0n) is 9.17. The van der Waals surface area contributed by atoms with Gasteiger partial charge in [-0.05, 0) is 19.3 Å². The number of hydrogen-bond donors (Lipinski definition) is 1. The highest BCUT2D eigenvalue weighted by atomic mass is 16.4. The maximum atomic E-state index is 10.2. The lowest BCUT2D eigenvalue weighted by Crippen LogP contribution is -1.91.